The van der Waals surface area contributed by atoms with E-state index in [1.54, 1.807) is 25.2 Å². The first-order chi connectivity index (χ1) is 11.9. The van der Waals surface area contributed by atoms with E-state index in [4.69, 9.17) is 0 Å². The Bertz CT molecular complexity index is 615. The molecule has 8 heteroatoms. The van der Waals surface area contributed by atoms with Crippen molar-refractivity contribution in [2.45, 2.75) is 45.2 Å². The molecular weight excluding hydrogens is 445 g/mol. The molecule has 0 unspecified atom stereocenters. The van der Waals surface area contributed by atoms with Gasteiger partial charge in [-0.3, -0.25) is 20.0 Å². The highest BCUT2D eigenvalue weighted by atomic mass is 127. The molecule has 0 atom stereocenters. The predicted octanol–water partition coefficient (Wildman–Crippen LogP) is 3.14. The van der Waals surface area contributed by atoms with Gasteiger partial charge in [-0.1, -0.05) is 24.6 Å². The van der Waals surface area contributed by atoms with Crippen LogP contribution in [0.15, 0.2) is 29.3 Å². The second-order valence-corrected chi connectivity index (χ2v) is 7.03. The molecule has 0 spiro atoms. The van der Waals surface area contributed by atoms with E-state index in [1.165, 1.54) is 25.3 Å². The van der Waals surface area contributed by atoms with Crippen molar-refractivity contribution < 1.29 is 4.92 Å². The second kappa shape index (κ2) is 10.7. The summed E-state index contributed by atoms with van der Waals surface area (Å²) in [4.78, 5) is 17.5. The molecule has 0 amide bonds. The van der Waals surface area contributed by atoms with Crippen LogP contribution in [0.2, 0.25) is 0 Å². The van der Waals surface area contributed by atoms with E-state index >= 15 is 0 Å². The summed E-state index contributed by atoms with van der Waals surface area (Å²) in [6, 6.07) is 6.76. The van der Waals surface area contributed by atoms with Gasteiger partial charge in [0.15, 0.2) is 5.96 Å². The number of hydrogen-bond donors (Lipinski definition) is 2. The van der Waals surface area contributed by atoms with Crippen LogP contribution in [0.25, 0.3) is 0 Å². The number of nitro groups is 1. The van der Waals surface area contributed by atoms with E-state index in [0.29, 0.717) is 18.1 Å². The van der Waals surface area contributed by atoms with Crippen LogP contribution in [0.5, 0.6) is 0 Å². The Morgan fingerprint density at radius 3 is 2.50 bits per heavy atom. The smallest absolute Gasteiger partial charge is 0.274 e. The Hall–Kier alpha value is -1.42. The van der Waals surface area contributed by atoms with Crippen molar-refractivity contribution >= 4 is 35.6 Å². The molecule has 1 aliphatic heterocycles. The Kier molecular flexibility index (Phi) is 9.28. The molecule has 26 heavy (non-hydrogen) atoms. The van der Waals surface area contributed by atoms with Gasteiger partial charge in [-0.25, -0.2) is 0 Å². The van der Waals surface area contributed by atoms with Crippen LogP contribution in [0.4, 0.5) is 5.69 Å². The third kappa shape index (κ3) is 6.39. The van der Waals surface area contributed by atoms with Crippen molar-refractivity contribution in [1.82, 2.24) is 15.5 Å². The van der Waals surface area contributed by atoms with Crippen LogP contribution in [-0.2, 0) is 6.54 Å². The molecule has 1 aromatic carbocycles. The maximum atomic E-state index is 11.1. The normalized spacial score (nSPS) is 15.9. The summed E-state index contributed by atoms with van der Waals surface area (Å²) in [7, 11) is 1.71. The number of hydrogen-bond acceptors (Lipinski definition) is 4. The zero-order valence-corrected chi connectivity index (χ0v) is 18.2. The van der Waals surface area contributed by atoms with Gasteiger partial charge in [0.05, 0.1) is 4.92 Å². The molecule has 1 saturated heterocycles. The van der Waals surface area contributed by atoms with Crippen LogP contribution in [-0.4, -0.2) is 48.0 Å². The molecule has 1 aromatic rings. The summed E-state index contributed by atoms with van der Waals surface area (Å²) in [5.74, 6) is 0.656. The number of nitrogens with one attached hydrogen (secondary N) is 2. The number of likely N-dealkylation sites (tertiary alicyclic amines) is 1. The van der Waals surface area contributed by atoms with E-state index < -0.39 is 0 Å². The second-order valence-electron chi connectivity index (χ2n) is 7.03. The van der Waals surface area contributed by atoms with Gasteiger partial charge in [0.1, 0.15) is 0 Å². The maximum absolute atomic E-state index is 11.1. The monoisotopic (exact) mass is 475 g/mol. The van der Waals surface area contributed by atoms with Gasteiger partial charge in [0, 0.05) is 37.3 Å². The minimum atomic E-state index is -0.354. The lowest BCUT2D eigenvalue weighted by Gasteiger charge is -2.41. The van der Waals surface area contributed by atoms with Crippen LogP contribution in [0, 0.1) is 10.1 Å². The van der Waals surface area contributed by atoms with Gasteiger partial charge in [0.2, 0.25) is 0 Å². The molecule has 146 valence electrons. The van der Waals surface area contributed by atoms with E-state index in [2.05, 4.69) is 34.4 Å². The standard InChI is InChI=1S/C18H29N5O2.HI/c1-18(2,22-11-7-4-8-12-22)14-21-17(19-3)20-13-15-9-5-6-10-16(15)23(24)25;/h5-6,9-10H,4,7-8,11-14H2,1-3H3,(H2,19,20,21);1H. The Labute approximate surface area is 172 Å². The Morgan fingerprint density at radius 1 is 1.23 bits per heavy atom. The van der Waals surface area contributed by atoms with Gasteiger partial charge in [0.25, 0.3) is 5.69 Å². The average Bonchev–Trinajstić information content (AvgIpc) is 2.62. The van der Waals surface area contributed by atoms with Crippen molar-refractivity contribution in [3.8, 4) is 0 Å². The van der Waals surface area contributed by atoms with E-state index in [0.717, 1.165) is 19.6 Å². The van der Waals surface area contributed by atoms with Crippen LogP contribution >= 0.6 is 24.0 Å². The van der Waals surface area contributed by atoms with Crippen molar-refractivity contribution in [3.05, 3.63) is 39.9 Å². The molecule has 0 bridgehead atoms. The first-order valence-electron chi connectivity index (χ1n) is 8.86. The van der Waals surface area contributed by atoms with Crippen molar-refractivity contribution in [1.29, 1.82) is 0 Å². The lowest BCUT2D eigenvalue weighted by Crippen LogP contribution is -2.54. The number of benzene rings is 1. The molecule has 1 fully saturated rings. The Morgan fingerprint density at radius 2 is 1.88 bits per heavy atom. The molecule has 0 aromatic heterocycles. The van der Waals surface area contributed by atoms with E-state index in [9.17, 15) is 10.1 Å². The summed E-state index contributed by atoms with van der Waals surface area (Å²) in [6.07, 6.45) is 3.83. The molecule has 7 nitrogen and oxygen atoms in total. The molecular formula is C18H30IN5O2. The number of aliphatic imine (C=N–C) groups is 1. The molecule has 2 rings (SSSR count). The average molecular weight is 475 g/mol. The van der Waals surface area contributed by atoms with E-state index in [1.807, 2.05) is 0 Å². The highest BCUT2D eigenvalue weighted by Gasteiger charge is 2.27. The molecule has 0 radical (unpaired) electrons. The number of piperidine rings is 1. The van der Waals surface area contributed by atoms with Gasteiger partial charge in [-0.15, -0.1) is 24.0 Å². The fourth-order valence-electron chi connectivity index (χ4n) is 3.15. The SMILES string of the molecule is CN=C(NCc1ccccc1[N+](=O)[O-])NCC(C)(C)N1CCCCC1.I. The topological polar surface area (TPSA) is 82.8 Å². The molecule has 1 aliphatic rings. The predicted molar refractivity (Wildman–Crippen MR) is 116 cm³/mol. The fraction of sp³-hybridized carbons (Fsp3) is 0.611. The van der Waals surface area contributed by atoms with Crippen LogP contribution in [0.1, 0.15) is 38.7 Å². The van der Waals surface area contributed by atoms with Crippen molar-refractivity contribution in [2.24, 2.45) is 4.99 Å². The molecule has 1 heterocycles. The van der Waals surface area contributed by atoms with Crippen molar-refractivity contribution in [2.75, 3.05) is 26.7 Å². The molecule has 0 aliphatic carbocycles. The fourth-order valence-corrected chi connectivity index (χ4v) is 3.15. The van der Waals surface area contributed by atoms with Gasteiger partial charge < -0.3 is 10.6 Å². The van der Waals surface area contributed by atoms with Gasteiger partial charge in [-0.05, 0) is 39.8 Å². The van der Waals surface area contributed by atoms with E-state index in [-0.39, 0.29) is 40.1 Å². The van der Waals surface area contributed by atoms with Crippen LogP contribution in [0.3, 0.4) is 0 Å². The summed E-state index contributed by atoms with van der Waals surface area (Å²) >= 11 is 0. The minimum Gasteiger partial charge on any atom is -0.355 e. The highest BCUT2D eigenvalue weighted by Crippen LogP contribution is 2.20. The zero-order chi connectivity index (χ0) is 18.3. The number of nitro benzene ring substituents is 1. The third-order valence-corrected chi connectivity index (χ3v) is 4.76. The number of para-hydroxylation sites is 1. The quantitative estimate of drug-likeness (QED) is 0.217. The van der Waals surface area contributed by atoms with Gasteiger partial charge >= 0.3 is 0 Å². The summed E-state index contributed by atoms with van der Waals surface area (Å²) in [5, 5.41) is 17.6. The van der Waals surface area contributed by atoms with Gasteiger partial charge in [-0.2, -0.15) is 0 Å². The number of rotatable bonds is 6. The molecule has 0 saturated carbocycles. The van der Waals surface area contributed by atoms with Crippen molar-refractivity contribution in [3.63, 3.8) is 0 Å². The first-order valence-corrected chi connectivity index (χ1v) is 8.86. The minimum absolute atomic E-state index is 0. The summed E-state index contributed by atoms with van der Waals surface area (Å²) in [6.45, 7) is 7.87. The number of halogens is 1. The summed E-state index contributed by atoms with van der Waals surface area (Å²) < 4.78 is 0. The number of guanidine groups is 1. The summed E-state index contributed by atoms with van der Waals surface area (Å²) in [5.41, 5.74) is 0.807. The zero-order valence-electron chi connectivity index (χ0n) is 15.8. The first kappa shape index (κ1) is 22.6. The Balaban J connectivity index is 0.00000338. The lowest BCUT2D eigenvalue weighted by atomic mass is 9.98. The largest absolute Gasteiger partial charge is 0.355 e. The molecule has 2 N–H and O–H groups in total. The lowest BCUT2D eigenvalue weighted by molar-refractivity contribution is -0.385. The maximum Gasteiger partial charge on any atom is 0.274 e. The highest BCUT2D eigenvalue weighted by molar-refractivity contribution is 14.0. The van der Waals surface area contributed by atoms with Crippen LogP contribution < -0.4 is 10.6 Å². The third-order valence-electron chi connectivity index (χ3n) is 4.76. The number of nitrogens with zero attached hydrogens (tertiary/aromatic N) is 3.